The van der Waals surface area contributed by atoms with Crippen LogP contribution in [0.1, 0.15) is 36.3 Å². The third-order valence-electron chi connectivity index (χ3n) is 6.30. The van der Waals surface area contributed by atoms with Crippen molar-refractivity contribution < 1.29 is 4.79 Å². The van der Waals surface area contributed by atoms with Crippen molar-refractivity contribution in [3.05, 3.63) is 84.4 Å². The molecule has 0 bridgehead atoms. The first-order chi connectivity index (χ1) is 15.7. The summed E-state index contributed by atoms with van der Waals surface area (Å²) in [5.41, 5.74) is 4.39. The average Bonchev–Trinajstić information content (AvgIpc) is 3.23. The van der Waals surface area contributed by atoms with Crippen LogP contribution in [-0.2, 0) is 11.2 Å². The summed E-state index contributed by atoms with van der Waals surface area (Å²) in [6, 6.07) is 20.8. The average molecular weight is 428 g/mol. The van der Waals surface area contributed by atoms with Gasteiger partial charge in [0, 0.05) is 29.9 Å². The molecule has 0 aliphatic carbocycles. The number of carbonyl (C=O) groups excluding carboxylic acids is 1. The monoisotopic (exact) mass is 427 g/mol. The van der Waals surface area contributed by atoms with Gasteiger partial charge < -0.3 is 15.5 Å². The third-order valence-corrected chi connectivity index (χ3v) is 6.30. The molecule has 3 aromatic carbocycles. The highest BCUT2D eigenvalue weighted by Gasteiger charge is 2.29. The molecular formula is C28H33N3O. The second kappa shape index (κ2) is 10.5. The van der Waals surface area contributed by atoms with E-state index in [0.29, 0.717) is 6.54 Å². The van der Waals surface area contributed by atoms with Crippen molar-refractivity contribution in [2.24, 2.45) is 0 Å². The van der Waals surface area contributed by atoms with Crippen LogP contribution in [0.15, 0.2) is 73.3 Å². The number of likely N-dealkylation sites (N-methyl/N-ethyl adjacent to an activating group) is 1. The number of aryl methyl sites for hydroxylation is 1. The predicted octanol–water partition coefficient (Wildman–Crippen LogP) is 5.82. The molecule has 1 unspecified atom stereocenters. The maximum atomic E-state index is 13.2. The minimum atomic E-state index is -0.170. The Balaban J connectivity index is 1.37. The number of unbranched alkanes of at least 4 members (excludes halogenated alkanes) is 2. The van der Waals surface area contributed by atoms with Crippen LogP contribution in [0.5, 0.6) is 0 Å². The molecule has 0 saturated heterocycles. The van der Waals surface area contributed by atoms with E-state index in [-0.39, 0.29) is 11.8 Å². The smallest absolute Gasteiger partial charge is 0.233 e. The van der Waals surface area contributed by atoms with E-state index in [4.69, 9.17) is 0 Å². The van der Waals surface area contributed by atoms with Gasteiger partial charge in [-0.3, -0.25) is 4.79 Å². The number of carbonyl (C=O) groups is 1. The van der Waals surface area contributed by atoms with Gasteiger partial charge in [-0.05, 0) is 61.5 Å². The van der Waals surface area contributed by atoms with Crippen molar-refractivity contribution in [2.45, 2.75) is 31.6 Å². The first-order valence-corrected chi connectivity index (χ1v) is 11.6. The molecule has 1 atom stereocenters. The molecule has 32 heavy (non-hydrogen) atoms. The van der Waals surface area contributed by atoms with E-state index in [0.717, 1.165) is 47.2 Å². The summed E-state index contributed by atoms with van der Waals surface area (Å²) in [5.74, 6) is -0.119. The fourth-order valence-electron chi connectivity index (χ4n) is 4.53. The molecule has 1 heterocycles. The van der Waals surface area contributed by atoms with Gasteiger partial charge in [0.05, 0.1) is 5.92 Å². The molecule has 0 aromatic heterocycles. The number of fused-ring (bicyclic) bond motifs is 2. The van der Waals surface area contributed by atoms with Crippen LogP contribution in [0.2, 0.25) is 0 Å². The first-order valence-electron chi connectivity index (χ1n) is 11.6. The molecular weight excluding hydrogens is 394 g/mol. The number of benzene rings is 3. The Bertz CT molecular complexity index is 1090. The zero-order chi connectivity index (χ0) is 22.3. The first kappa shape index (κ1) is 22.1. The zero-order valence-electron chi connectivity index (χ0n) is 18.9. The molecule has 4 nitrogen and oxygen atoms in total. The fourth-order valence-corrected chi connectivity index (χ4v) is 4.53. The van der Waals surface area contributed by atoms with Crippen molar-refractivity contribution in [1.82, 2.24) is 4.90 Å². The van der Waals surface area contributed by atoms with E-state index in [1.54, 1.807) is 0 Å². The maximum Gasteiger partial charge on any atom is 0.233 e. The standard InChI is InChI=1S/C28H33N3O/c1-3-17-31(2)18-8-4-5-10-21-15-16-26-24(19-21)25(20-29-26)28(32)30-27-14-9-12-22-11-6-7-13-23(22)27/h3,6-7,9,11-16,19,25,29H,1,4-5,8,10,17-18,20H2,2H3,(H,30,32). The quantitative estimate of drug-likeness (QED) is 0.317. The number of amides is 1. The normalized spacial score (nSPS) is 14.9. The Kier molecular flexibility index (Phi) is 7.23. The molecule has 1 aliphatic heterocycles. The van der Waals surface area contributed by atoms with Crippen molar-refractivity contribution in [3.63, 3.8) is 0 Å². The second-order valence-electron chi connectivity index (χ2n) is 8.73. The van der Waals surface area contributed by atoms with Crippen molar-refractivity contribution in [3.8, 4) is 0 Å². The second-order valence-corrected chi connectivity index (χ2v) is 8.73. The van der Waals surface area contributed by atoms with Crippen molar-refractivity contribution in [2.75, 3.05) is 37.3 Å². The maximum absolute atomic E-state index is 13.2. The van der Waals surface area contributed by atoms with Crippen LogP contribution in [-0.4, -0.2) is 37.5 Å². The molecule has 166 valence electrons. The number of anilines is 2. The molecule has 3 aromatic rings. The lowest BCUT2D eigenvalue weighted by Crippen LogP contribution is -2.22. The molecule has 1 aliphatic rings. The lowest BCUT2D eigenvalue weighted by atomic mass is 9.96. The molecule has 1 amide bonds. The summed E-state index contributed by atoms with van der Waals surface area (Å²) in [5, 5.41) is 8.79. The Morgan fingerprint density at radius 3 is 2.84 bits per heavy atom. The van der Waals surface area contributed by atoms with Gasteiger partial charge in [-0.1, -0.05) is 61.0 Å². The summed E-state index contributed by atoms with van der Waals surface area (Å²) in [6.07, 6.45) is 6.58. The lowest BCUT2D eigenvalue weighted by Gasteiger charge is -2.14. The highest BCUT2D eigenvalue weighted by Crippen LogP contribution is 2.34. The van der Waals surface area contributed by atoms with E-state index >= 15 is 0 Å². The van der Waals surface area contributed by atoms with Gasteiger partial charge in [0.15, 0.2) is 0 Å². The number of nitrogens with zero attached hydrogens (tertiary/aromatic N) is 1. The molecule has 0 radical (unpaired) electrons. The molecule has 0 fully saturated rings. The molecule has 0 spiro atoms. The van der Waals surface area contributed by atoms with E-state index in [2.05, 4.69) is 65.6 Å². The Morgan fingerprint density at radius 1 is 1.12 bits per heavy atom. The highest BCUT2D eigenvalue weighted by atomic mass is 16.1. The molecule has 4 heteroatoms. The van der Waals surface area contributed by atoms with E-state index in [1.807, 2.05) is 30.3 Å². The van der Waals surface area contributed by atoms with Crippen LogP contribution >= 0.6 is 0 Å². The van der Waals surface area contributed by atoms with E-state index < -0.39 is 0 Å². The topological polar surface area (TPSA) is 44.4 Å². The van der Waals surface area contributed by atoms with Gasteiger partial charge >= 0.3 is 0 Å². The summed E-state index contributed by atoms with van der Waals surface area (Å²) in [6.45, 7) is 6.49. The van der Waals surface area contributed by atoms with Crippen LogP contribution in [0.25, 0.3) is 10.8 Å². The minimum absolute atomic E-state index is 0.0509. The van der Waals surface area contributed by atoms with Crippen LogP contribution in [0, 0.1) is 0 Å². The Hall–Kier alpha value is -3.11. The molecule has 2 N–H and O–H groups in total. The van der Waals surface area contributed by atoms with Crippen molar-refractivity contribution >= 4 is 28.1 Å². The summed E-state index contributed by atoms with van der Waals surface area (Å²) in [7, 11) is 2.14. The highest BCUT2D eigenvalue weighted by molar-refractivity contribution is 6.05. The predicted molar refractivity (Wildman–Crippen MR) is 135 cm³/mol. The van der Waals surface area contributed by atoms with Crippen molar-refractivity contribution in [1.29, 1.82) is 0 Å². The summed E-state index contributed by atoms with van der Waals surface area (Å²) in [4.78, 5) is 15.5. The Morgan fingerprint density at radius 2 is 1.97 bits per heavy atom. The van der Waals surface area contributed by atoms with Gasteiger partial charge in [0.25, 0.3) is 0 Å². The SMILES string of the molecule is C=CCN(C)CCCCCc1ccc2c(c1)C(C(=O)Nc1cccc3ccccc13)CN2. The van der Waals surface area contributed by atoms with Gasteiger partial charge in [0.1, 0.15) is 0 Å². The van der Waals surface area contributed by atoms with Gasteiger partial charge in [0.2, 0.25) is 5.91 Å². The number of rotatable bonds is 10. The van der Waals surface area contributed by atoms with Gasteiger partial charge in [-0.25, -0.2) is 0 Å². The third kappa shape index (κ3) is 5.20. The van der Waals surface area contributed by atoms with Gasteiger partial charge in [-0.2, -0.15) is 0 Å². The fraction of sp³-hybridized carbons (Fsp3) is 0.321. The van der Waals surface area contributed by atoms with Crippen LogP contribution < -0.4 is 10.6 Å². The van der Waals surface area contributed by atoms with Gasteiger partial charge in [-0.15, -0.1) is 6.58 Å². The zero-order valence-corrected chi connectivity index (χ0v) is 18.9. The molecule has 4 rings (SSSR count). The van der Waals surface area contributed by atoms with E-state index in [9.17, 15) is 4.79 Å². The minimum Gasteiger partial charge on any atom is -0.384 e. The number of hydrogen-bond donors (Lipinski definition) is 2. The number of hydrogen-bond acceptors (Lipinski definition) is 3. The van der Waals surface area contributed by atoms with E-state index in [1.165, 1.54) is 24.8 Å². The summed E-state index contributed by atoms with van der Waals surface area (Å²) < 4.78 is 0. The largest absolute Gasteiger partial charge is 0.384 e. The lowest BCUT2D eigenvalue weighted by molar-refractivity contribution is -0.117. The Labute approximate surface area is 191 Å². The van der Waals surface area contributed by atoms with Crippen LogP contribution in [0.4, 0.5) is 11.4 Å². The summed E-state index contributed by atoms with van der Waals surface area (Å²) >= 11 is 0. The number of nitrogens with one attached hydrogen (secondary N) is 2. The van der Waals surface area contributed by atoms with Crippen LogP contribution in [0.3, 0.4) is 0 Å². The molecule has 0 saturated carbocycles.